The molecular formula is CBFN. The first-order chi connectivity index (χ1) is 1.91. The maximum Gasteiger partial charge on any atom is 0.483 e. The largest absolute Gasteiger partial charge is 0.483 e. The van der Waals surface area contributed by atoms with Crippen molar-refractivity contribution >= 4 is 7.56 Å². The molecule has 0 bridgehead atoms. The number of rotatable bonds is 0. The van der Waals surface area contributed by atoms with Gasteiger partial charge in [-0.3, -0.25) is 0 Å². The molecule has 3 heteroatoms. The van der Waals surface area contributed by atoms with Gasteiger partial charge in [0.15, 0.2) is 0 Å². The predicted octanol–water partition coefficient (Wildman–Crippen LogP) is 0.0562. The first-order valence-corrected chi connectivity index (χ1v) is 0.730. The van der Waals surface area contributed by atoms with E-state index in [0.29, 0.717) is 0 Å². The second-order valence-electron chi connectivity index (χ2n) is 0.238. The topological polar surface area (TPSA) is 23.8 Å². The Kier molecular flexibility index (Phi) is 2.16. The van der Waals surface area contributed by atoms with E-state index in [1.54, 1.807) is 0 Å². The molecule has 0 aromatic heterocycles. The van der Waals surface area contributed by atoms with Crippen molar-refractivity contribution in [3.8, 4) is 5.97 Å². The van der Waals surface area contributed by atoms with Crippen LogP contribution in [0.1, 0.15) is 0 Å². The highest BCUT2D eigenvalue weighted by Gasteiger charge is 1.67. The van der Waals surface area contributed by atoms with E-state index in [-0.39, 0.29) is 7.56 Å². The van der Waals surface area contributed by atoms with Crippen LogP contribution in [0.2, 0.25) is 0 Å². The number of hydrogen-bond acceptors (Lipinski definition) is 1. The molecule has 0 aromatic carbocycles. The molecule has 0 rings (SSSR count). The fraction of sp³-hybridized carbons (Fsp3) is 0. The number of nitrogens with zero attached hydrogens (tertiary/aromatic N) is 1. The molecule has 1 nitrogen and oxygen atoms in total. The summed E-state index contributed by atoms with van der Waals surface area (Å²) in [5, 5.41) is 7.19. The van der Waals surface area contributed by atoms with E-state index in [4.69, 9.17) is 5.26 Å². The molecule has 0 aliphatic rings. The second kappa shape index (κ2) is 2.48. The molecule has 0 N–H and O–H groups in total. The maximum absolute atomic E-state index is 10.2. The van der Waals surface area contributed by atoms with Crippen LogP contribution in [0.4, 0.5) is 4.32 Å². The number of halogens is 1. The van der Waals surface area contributed by atoms with Gasteiger partial charge in [-0.05, 0) is 0 Å². The molecule has 0 unspecified atom stereocenters. The van der Waals surface area contributed by atoms with Gasteiger partial charge in [0.25, 0.3) is 0 Å². The van der Waals surface area contributed by atoms with E-state index >= 15 is 0 Å². The Labute approximate surface area is 24.3 Å². The van der Waals surface area contributed by atoms with Gasteiger partial charge in [-0.15, -0.1) is 0 Å². The lowest BCUT2D eigenvalue weighted by molar-refractivity contribution is 0.885. The minimum atomic E-state index is -0.0694. The average molecular weight is 55.8 g/mol. The molecule has 1 radical (unpaired) electrons. The molecule has 0 saturated heterocycles. The number of nitriles is 1. The maximum atomic E-state index is 10.2. The molecule has 0 aliphatic heterocycles. The summed E-state index contributed by atoms with van der Waals surface area (Å²) in [6.45, 7) is 0. The lowest BCUT2D eigenvalue weighted by Gasteiger charge is -1.36. The summed E-state index contributed by atoms with van der Waals surface area (Å²) in [6, 6.07) is 0. The Morgan fingerprint density at radius 2 is 2.25 bits per heavy atom. The van der Waals surface area contributed by atoms with E-state index in [1.165, 1.54) is 0 Å². The fourth-order valence-electron chi connectivity index (χ4n) is 0. The Bertz CT molecular complexity index is 37.8. The highest BCUT2D eigenvalue weighted by molar-refractivity contribution is 6.36. The molecule has 0 aromatic rings. The van der Waals surface area contributed by atoms with Gasteiger partial charge in [-0.1, -0.05) is 0 Å². The first-order valence-electron chi connectivity index (χ1n) is 0.730. The van der Waals surface area contributed by atoms with Crippen LogP contribution < -0.4 is 0 Å². The summed E-state index contributed by atoms with van der Waals surface area (Å²) in [6.07, 6.45) is 0. The normalized spacial score (nSPS) is 4.00. The molecule has 0 saturated carbocycles. The van der Waals surface area contributed by atoms with E-state index in [1.807, 2.05) is 0 Å². The SMILES string of the molecule is N#C[B]F. The summed E-state index contributed by atoms with van der Waals surface area (Å²) in [7, 11) is -0.0694. The summed E-state index contributed by atoms with van der Waals surface area (Å²) < 4.78 is 10.2. The van der Waals surface area contributed by atoms with Crippen LogP contribution in [0.5, 0.6) is 0 Å². The summed E-state index contributed by atoms with van der Waals surface area (Å²) in [4.78, 5) is 0. The molecule has 0 aliphatic carbocycles. The van der Waals surface area contributed by atoms with Crippen molar-refractivity contribution in [3.63, 3.8) is 0 Å². The molecule has 0 atom stereocenters. The molecular weight excluding hydrogens is 55.8 g/mol. The third kappa shape index (κ3) is 1.48. The predicted molar refractivity (Wildman–Crippen MR) is 12.5 cm³/mol. The Balaban J connectivity index is 2.43. The van der Waals surface area contributed by atoms with Crippen molar-refractivity contribution < 1.29 is 4.32 Å². The first kappa shape index (κ1) is 3.48. The highest BCUT2D eigenvalue weighted by atomic mass is 19.1. The third-order valence-corrected chi connectivity index (χ3v) is 0.0488. The van der Waals surface area contributed by atoms with Crippen LogP contribution >= 0.6 is 0 Å². The van der Waals surface area contributed by atoms with Crippen molar-refractivity contribution in [2.45, 2.75) is 0 Å². The summed E-state index contributed by atoms with van der Waals surface area (Å²) in [5.41, 5.74) is 0. The zero-order valence-corrected chi connectivity index (χ0v) is 1.90. The molecule has 0 fully saturated rings. The number of hydrogen-bond donors (Lipinski definition) is 0. The van der Waals surface area contributed by atoms with E-state index in [2.05, 4.69) is 0 Å². The smallest absolute Gasteiger partial charge is 0.319 e. The minimum Gasteiger partial charge on any atom is -0.319 e. The Morgan fingerprint density at radius 3 is 2.25 bits per heavy atom. The zero-order valence-electron chi connectivity index (χ0n) is 1.90. The van der Waals surface area contributed by atoms with Gasteiger partial charge in [0.1, 0.15) is 0 Å². The Hall–Kier alpha value is -0.515. The molecule has 19 valence electrons. The fourth-order valence-corrected chi connectivity index (χ4v) is 0. The minimum absolute atomic E-state index is 0.0694. The van der Waals surface area contributed by atoms with Crippen LogP contribution in [-0.4, -0.2) is 7.56 Å². The molecule has 4 heavy (non-hydrogen) atoms. The van der Waals surface area contributed by atoms with Crippen molar-refractivity contribution in [2.75, 3.05) is 0 Å². The summed E-state index contributed by atoms with van der Waals surface area (Å²) in [5.74, 6) is 1.14. The lowest BCUT2D eigenvalue weighted by Crippen LogP contribution is -1.60. The van der Waals surface area contributed by atoms with Gasteiger partial charge in [0, 0.05) is 5.97 Å². The monoisotopic (exact) mass is 56.0 g/mol. The lowest BCUT2D eigenvalue weighted by atomic mass is 10.1. The van der Waals surface area contributed by atoms with Crippen molar-refractivity contribution in [1.82, 2.24) is 0 Å². The van der Waals surface area contributed by atoms with E-state index in [0.717, 1.165) is 5.97 Å². The van der Waals surface area contributed by atoms with Gasteiger partial charge in [-0.2, -0.15) is 0 Å². The zero-order chi connectivity index (χ0) is 3.41. The standard InChI is InChI=1S/CBFN/c3-2-1-4. The van der Waals surface area contributed by atoms with Gasteiger partial charge in [-0.25, -0.2) is 5.26 Å². The van der Waals surface area contributed by atoms with Gasteiger partial charge in [0.2, 0.25) is 0 Å². The molecule has 0 heterocycles. The van der Waals surface area contributed by atoms with Crippen molar-refractivity contribution in [3.05, 3.63) is 0 Å². The van der Waals surface area contributed by atoms with Crippen LogP contribution in [0.15, 0.2) is 0 Å². The molecule has 0 amide bonds. The molecule has 0 spiro atoms. The summed E-state index contributed by atoms with van der Waals surface area (Å²) >= 11 is 0. The van der Waals surface area contributed by atoms with Crippen LogP contribution in [-0.2, 0) is 0 Å². The third-order valence-electron chi connectivity index (χ3n) is 0.0488. The van der Waals surface area contributed by atoms with E-state index in [9.17, 15) is 4.32 Å². The van der Waals surface area contributed by atoms with Gasteiger partial charge >= 0.3 is 7.56 Å². The van der Waals surface area contributed by atoms with Crippen molar-refractivity contribution in [2.24, 2.45) is 0 Å². The van der Waals surface area contributed by atoms with Crippen LogP contribution in [0.3, 0.4) is 0 Å². The highest BCUT2D eigenvalue weighted by Crippen LogP contribution is 1.44. The average Bonchev–Trinajstić information content (AvgIpc) is 1.37. The van der Waals surface area contributed by atoms with Crippen molar-refractivity contribution in [1.29, 1.82) is 5.26 Å². The van der Waals surface area contributed by atoms with E-state index < -0.39 is 0 Å². The Morgan fingerprint density at radius 1 is 2.00 bits per heavy atom. The van der Waals surface area contributed by atoms with Crippen LogP contribution in [0, 0.1) is 11.2 Å². The van der Waals surface area contributed by atoms with Gasteiger partial charge in [0.05, 0.1) is 0 Å². The second-order valence-corrected chi connectivity index (χ2v) is 0.238. The quantitative estimate of drug-likeness (QED) is 0.360. The van der Waals surface area contributed by atoms with Crippen LogP contribution in [0.25, 0.3) is 0 Å². The van der Waals surface area contributed by atoms with Gasteiger partial charge < -0.3 is 4.32 Å².